The van der Waals surface area contributed by atoms with Crippen LogP contribution >= 0.6 is 0 Å². The summed E-state index contributed by atoms with van der Waals surface area (Å²) < 4.78 is 18.5. The van der Waals surface area contributed by atoms with Gasteiger partial charge < -0.3 is 15.0 Å². The summed E-state index contributed by atoms with van der Waals surface area (Å²) in [7, 11) is 0. The smallest absolute Gasteiger partial charge is 0.261 e. The van der Waals surface area contributed by atoms with Crippen molar-refractivity contribution < 1.29 is 18.7 Å². The van der Waals surface area contributed by atoms with E-state index in [1.165, 1.54) is 29.2 Å². The van der Waals surface area contributed by atoms with Gasteiger partial charge >= 0.3 is 0 Å². The van der Waals surface area contributed by atoms with Crippen molar-refractivity contribution in [1.82, 2.24) is 10.2 Å². The van der Waals surface area contributed by atoms with Crippen LogP contribution < -0.4 is 10.1 Å². The molecule has 1 atom stereocenters. The molecule has 2 aromatic rings. The summed E-state index contributed by atoms with van der Waals surface area (Å²) in [4.78, 5) is 26.8. The predicted octanol–water partition coefficient (Wildman–Crippen LogP) is 3.54. The fourth-order valence-corrected chi connectivity index (χ4v) is 2.66. The molecule has 0 spiro atoms. The van der Waals surface area contributed by atoms with Gasteiger partial charge in [-0.05, 0) is 43.2 Å². The fraction of sp³-hybridized carbons (Fsp3) is 0.364. The van der Waals surface area contributed by atoms with E-state index in [4.69, 9.17) is 4.74 Å². The molecule has 5 nitrogen and oxygen atoms in total. The van der Waals surface area contributed by atoms with Crippen LogP contribution in [-0.2, 0) is 16.1 Å². The third-order valence-corrected chi connectivity index (χ3v) is 4.37. The third kappa shape index (κ3) is 6.68. The highest BCUT2D eigenvalue weighted by Crippen LogP contribution is 2.13. The number of hydrogen-bond donors (Lipinski definition) is 1. The van der Waals surface area contributed by atoms with Crippen LogP contribution in [0.15, 0.2) is 54.6 Å². The minimum Gasteiger partial charge on any atom is -0.484 e. The molecule has 0 unspecified atom stereocenters. The van der Waals surface area contributed by atoms with Crippen LogP contribution in [-0.4, -0.2) is 35.9 Å². The fourth-order valence-electron chi connectivity index (χ4n) is 2.66. The molecule has 2 aromatic carbocycles. The second-order valence-electron chi connectivity index (χ2n) is 6.57. The van der Waals surface area contributed by atoms with Crippen molar-refractivity contribution in [2.45, 2.75) is 39.3 Å². The molecule has 150 valence electrons. The minimum absolute atomic E-state index is 0.195. The van der Waals surface area contributed by atoms with E-state index in [1.807, 2.05) is 37.3 Å². The average Bonchev–Trinajstić information content (AvgIpc) is 2.71. The zero-order chi connectivity index (χ0) is 20.4. The van der Waals surface area contributed by atoms with Gasteiger partial charge in [-0.15, -0.1) is 0 Å². The lowest BCUT2D eigenvalue weighted by Crippen LogP contribution is -2.49. The molecule has 0 radical (unpaired) electrons. The first-order valence-electron chi connectivity index (χ1n) is 9.50. The molecule has 0 aliphatic carbocycles. The van der Waals surface area contributed by atoms with Gasteiger partial charge in [0.2, 0.25) is 5.91 Å². The van der Waals surface area contributed by atoms with Crippen LogP contribution in [0.2, 0.25) is 0 Å². The Morgan fingerprint density at radius 2 is 1.79 bits per heavy atom. The van der Waals surface area contributed by atoms with Crippen molar-refractivity contribution >= 4 is 11.8 Å². The number of halogens is 1. The molecule has 28 heavy (non-hydrogen) atoms. The van der Waals surface area contributed by atoms with Gasteiger partial charge in [0.25, 0.3) is 5.91 Å². The monoisotopic (exact) mass is 386 g/mol. The van der Waals surface area contributed by atoms with Gasteiger partial charge in [0.05, 0.1) is 0 Å². The standard InChI is InChI=1S/C22H27FN2O3/c1-3-4-14-24-22(27)17(2)25(15-18-8-6-5-7-9-18)21(26)16-28-20-12-10-19(23)11-13-20/h5-13,17H,3-4,14-16H2,1-2H3,(H,24,27)/t17-/m1/s1. The Hall–Kier alpha value is -2.89. The molecular formula is C22H27FN2O3. The molecule has 1 N–H and O–H groups in total. The maximum absolute atomic E-state index is 13.0. The first-order valence-corrected chi connectivity index (χ1v) is 9.50. The molecule has 0 fully saturated rings. The Labute approximate surface area is 165 Å². The molecule has 0 saturated heterocycles. The van der Waals surface area contributed by atoms with Crippen LogP contribution in [0.3, 0.4) is 0 Å². The van der Waals surface area contributed by atoms with E-state index in [2.05, 4.69) is 5.32 Å². The number of ether oxygens (including phenoxy) is 1. The summed E-state index contributed by atoms with van der Waals surface area (Å²) in [6.45, 7) is 4.41. The SMILES string of the molecule is CCCCNC(=O)[C@@H](C)N(Cc1ccccc1)C(=O)COc1ccc(F)cc1. The molecule has 2 amide bonds. The molecule has 6 heteroatoms. The summed E-state index contributed by atoms with van der Waals surface area (Å²) in [5, 5.41) is 2.87. The van der Waals surface area contributed by atoms with Crippen LogP contribution in [0.1, 0.15) is 32.3 Å². The Kier molecular flexibility index (Phi) is 8.46. The van der Waals surface area contributed by atoms with Gasteiger partial charge in [-0.25, -0.2) is 4.39 Å². The third-order valence-electron chi connectivity index (χ3n) is 4.37. The lowest BCUT2D eigenvalue weighted by Gasteiger charge is -2.28. The zero-order valence-corrected chi connectivity index (χ0v) is 16.4. The molecule has 0 aliphatic rings. The molecule has 2 rings (SSSR count). The Bertz CT molecular complexity index is 750. The second kappa shape index (κ2) is 11.1. The Morgan fingerprint density at radius 1 is 1.11 bits per heavy atom. The highest BCUT2D eigenvalue weighted by molar-refractivity contribution is 5.87. The van der Waals surface area contributed by atoms with Crippen LogP contribution in [0.5, 0.6) is 5.75 Å². The van der Waals surface area contributed by atoms with Crippen LogP contribution in [0.4, 0.5) is 4.39 Å². The summed E-state index contributed by atoms with van der Waals surface area (Å²) in [5.41, 5.74) is 0.922. The van der Waals surface area contributed by atoms with Gasteiger partial charge in [-0.3, -0.25) is 9.59 Å². The first kappa shape index (κ1) is 21.4. The van der Waals surface area contributed by atoms with E-state index >= 15 is 0 Å². The number of benzene rings is 2. The Balaban J connectivity index is 2.06. The number of nitrogens with zero attached hydrogens (tertiary/aromatic N) is 1. The normalized spacial score (nSPS) is 11.5. The van der Waals surface area contributed by atoms with Gasteiger partial charge in [-0.2, -0.15) is 0 Å². The van der Waals surface area contributed by atoms with E-state index in [-0.39, 0.29) is 24.2 Å². The van der Waals surface area contributed by atoms with Crippen LogP contribution in [0.25, 0.3) is 0 Å². The van der Waals surface area contributed by atoms with Crippen LogP contribution in [0, 0.1) is 5.82 Å². The largest absolute Gasteiger partial charge is 0.484 e. The highest BCUT2D eigenvalue weighted by atomic mass is 19.1. The molecular weight excluding hydrogens is 359 g/mol. The molecule has 0 saturated carbocycles. The van der Waals surface area contributed by atoms with E-state index in [1.54, 1.807) is 6.92 Å². The van der Waals surface area contributed by atoms with E-state index in [9.17, 15) is 14.0 Å². The second-order valence-corrected chi connectivity index (χ2v) is 6.57. The number of nitrogens with one attached hydrogen (secondary N) is 1. The van der Waals surface area contributed by atoms with Crippen molar-refractivity contribution in [3.63, 3.8) is 0 Å². The number of amides is 2. The number of hydrogen-bond acceptors (Lipinski definition) is 3. The maximum Gasteiger partial charge on any atom is 0.261 e. The number of carbonyl (C=O) groups excluding carboxylic acids is 2. The van der Waals surface area contributed by atoms with Gasteiger partial charge in [-0.1, -0.05) is 43.7 Å². The van der Waals surface area contributed by atoms with Crippen molar-refractivity contribution in [3.05, 3.63) is 66.0 Å². The summed E-state index contributed by atoms with van der Waals surface area (Å²) >= 11 is 0. The molecule has 0 heterocycles. The topological polar surface area (TPSA) is 58.6 Å². The van der Waals surface area contributed by atoms with Gasteiger partial charge in [0.15, 0.2) is 6.61 Å². The average molecular weight is 386 g/mol. The first-order chi connectivity index (χ1) is 13.5. The van der Waals surface area contributed by atoms with Gasteiger partial charge in [0, 0.05) is 13.1 Å². The quantitative estimate of drug-likeness (QED) is 0.636. The minimum atomic E-state index is -0.638. The van der Waals surface area contributed by atoms with Crippen molar-refractivity contribution in [3.8, 4) is 5.75 Å². The van der Waals surface area contributed by atoms with Crippen molar-refractivity contribution in [1.29, 1.82) is 0 Å². The summed E-state index contributed by atoms with van der Waals surface area (Å²) in [6.07, 6.45) is 1.87. The van der Waals surface area contributed by atoms with E-state index in [0.29, 0.717) is 18.8 Å². The lowest BCUT2D eigenvalue weighted by atomic mass is 10.1. The molecule has 0 bridgehead atoms. The summed E-state index contributed by atoms with van der Waals surface area (Å²) in [5.74, 6) is -0.484. The zero-order valence-electron chi connectivity index (χ0n) is 16.4. The van der Waals surface area contributed by atoms with Gasteiger partial charge in [0.1, 0.15) is 17.6 Å². The van der Waals surface area contributed by atoms with E-state index in [0.717, 1.165) is 18.4 Å². The highest BCUT2D eigenvalue weighted by Gasteiger charge is 2.26. The van der Waals surface area contributed by atoms with E-state index < -0.39 is 6.04 Å². The van der Waals surface area contributed by atoms with Crippen molar-refractivity contribution in [2.24, 2.45) is 0 Å². The van der Waals surface area contributed by atoms with Crippen molar-refractivity contribution in [2.75, 3.05) is 13.2 Å². The Morgan fingerprint density at radius 3 is 2.43 bits per heavy atom. The predicted molar refractivity (Wildman–Crippen MR) is 106 cm³/mol. The number of rotatable bonds is 10. The molecule has 0 aromatic heterocycles. The molecule has 0 aliphatic heterocycles. The number of carbonyl (C=O) groups is 2. The summed E-state index contributed by atoms with van der Waals surface area (Å²) in [6, 6.07) is 14.3. The lowest BCUT2D eigenvalue weighted by molar-refractivity contribution is -0.142. The number of unbranched alkanes of at least 4 members (excludes halogenated alkanes) is 1. The maximum atomic E-state index is 13.0.